The lowest BCUT2D eigenvalue weighted by Gasteiger charge is -2.20. The van der Waals surface area contributed by atoms with Crippen LogP contribution < -0.4 is 5.32 Å². The number of halogens is 2. The number of alkyl halides is 2. The second-order valence-electron chi connectivity index (χ2n) is 4.67. The van der Waals surface area contributed by atoms with Crippen molar-refractivity contribution in [3.63, 3.8) is 0 Å². The van der Waals surface area contributed by atoms with Gasteiger partial charge in [-0.1, -0.05) is 24.3 Å². The van der Waals surface area contributed by atoms with Gasteiger partial charge in [0, 0.05) is 31.7 Å². The van der Waals surface area contributed by atoms with E-state index >= 15 is 0 Å². The minimum atomic E-state index is -2.43. The average Bonchev–Trinajstić information content (AvgIpc) is 2.77. The molecule has 1 fully saturated rings. The number of hydrogen-bond donors (Lipinski definition) is 2. The number of benzene rings is 1. The van der Waals surface area contributed by atoms with Crippen molar-refractivity contribution < 1.29 is 18.6 Å². The molecular formula is C13H17F2NO2. The van der Waals surface area contributed by atoms with Crippen LogP contribution in [0.4, 0.5) is 8.78 Å². The van der Waals surface area contributed by atoms with Crippen molar-refractivity contribution in [1.29, 1.82) is 0 Å². The zero-order valence-corrected chi connectivity index (χ0v) is 10.0. The van der Waals surface area contributed by atoms with Gasteiger partial charge in [0.25, 0.3) is 6.43 Å². The zero-order chi connectivity index (χ0) is 13.0. The zero-order valence-electron chi connectivity index (χ0n) is 10.0. The van der Waals surface area contributed by atoms with Crippen molar-refractivity contribution in [3.05, 3.63) is 35.4 Å². The van der Waals surface area contributed by atoms with Gasteiger partial charge < -0.3 is 15.2 Å². The Labute approximate surface area is 105 Å². The number of aliphatic hydroxyl groups is 1. The molecule has 0 aromatic heterocycles. The molecule has 1 aliphatic heterocycles. The van der Waals surface area contributed by atoms with Crippen molar-refractivity contribution in [1.82, 2.24) is 5.32 Å². The van der Waals surface area contributed by atoms with Gasteiger partial charge >= 0.3 is 0 Å². The largest absolute Gasteiger partial charge is 0.386 e. The van der Waals surface area contributed by atoms with Crippen LogP contribution in [0.5, 0.6) is 0 Å². The van der Waals surface area contributed by atoms with Crippen molar-refractivity contribution in [2.24, 2.45) is 0 Å². The summed E-state index contributed by atoms with van der Waals surface area (Å²) in [4.78, 5) is 0. The van der Waals surface area contributed by atoms with Crippen molar-refractivity contribution in [2.75, 3.05) is 19.8 Å². The Balaban J connectivity index is 1.79. The molecule has 1 aromatic rings. The number of ether oxygens (including phenoxy) is 1. The molecule has 1 unspecified atom stereocenters. The van der Waals surface area contributed by atoms with E-state index < -0.39 is 12.0 Å². The molecule has 1 aliphatic rings. The standard InChI is InChI=1S/C13H17F2NO2/c14-12(15)11-3-1-10(2-4-11)7-16-8-13(17)5-6-18-9-13/h1-4,12,16-17H,5-9H2. The highest BCUT2D eigenvalue weighted by atomic mass is 19.3. The number of hydrogen-bond acceptors (Lipinski definition) is 3. The van der Waals surface area contributed by atoms with Gasteiger partial charge in [-0.2, -0.15) is 0 Å². The second-order valence-corrected chi connectivity index (χ2v) is 4.67. The van der Waals surface area contributed by atoms with E-state index in [0.717, 1.165) is 5.56 Å². The van der Waals surface area contributed by atoms with Gasteiger partial charge in [0.05, 0.1) is 6.61 Å². The van der Waals surface area contributed by atoms with Gasteiger partial charge in [0.2, 0.25) is 0 Å². The van der Waals surface area contributed by atoms with Crippen LogP contribution in [0.15, 0.2) is 24.3 Å². The summed E-state index contributed by atoms with van der Waals surface area (Å²) in [5.41, 5.74) is 0.159. The van der Waals surface area contributed by atoms with Crippen LogP contribution in [-0.2, 0) is 11.3 Å². The highest BCUT2D eigenvalue weighted by Crippen LogP contribution is 2.19. The minimum Gasteiger partial charge on any atom is -0.386 e. The predicted octanol–water partition coefficient (Wildman–Crippen LogP) is 1.87. The van der Waals surface area contributed by atoms with Crippen LogP contribution in [0.3, 0.4) is 0 Å². The highest BCUT2D eigenvalue weighted by molar-refractivity contribution is 5.23. The molecule has 18 heavy (non-hydrogen) atoms. The fraction of sp³-hybridized carbons (Fsp3) is 0.538. The molecule has 1 heterocycles. The Bertz CT molecular complexity index is 375. The summed E-state index contributed by atoms with van der Waals surface area (Å²) in [5.74, 6) is 0. The first-order valence-corrected chi connectivity index (χ1v) is 5.97. The lowest BCUT2D eigenvalue weighted by atomic mass is 10.0. The molecule has 0 aliphatic carbocycles. The van der Waals surface area contributed by atoms with Gasteiger partial charge in [-0.05, 0) is 5.56 Å². The monoisotopic (exact) mass is 257 g/mol. The molecule has 100 valence electrons. The van der Waals surface area contributed by atoms with Gasteiger partial charge in [-0.25, -0.2) is 8.78 Å². The summed E-state index contributed by atoms with van der Waals surface area (Å²) in [6.07, 6.45) is -1.80. The molecule has 5 heteroatoms. The Morgan fingerprint density at radius 1 is 1.33 bits per heavy atom. The van der Waals surface area contributed by atoms with E-state index in [1.165, 1.54) is 12.1 Å². The molecule has 2 N–H and O–H groups in total. The van der Waals surface area contributed by atoms with Crippen LogP contribution >= 0.6 is 0 Å². The third-order valence-electron chi connectivity index (χ3n) is 3.10. The molecule has 1 aromatic carbocycles. The van der Waals surface area contributed by atoms with Crippen LogP contribution in [-0.4, -0.2) is 30.5 Å². The molecule has 3 nitrogen and oxygen atoms in total. The first-order valence-electron chi connectivity index (χ1n) is 5.97. The van der Waals surface area contributed by atoms with Gasteiger partial charge in [0.15, 0.2) is 0 Å². The van der Waals surface area contributed by atoms with Crippen LogP contribution in [0.2, 0.25) is 0 Å². The third kappa shape index (κ3) is 3.48. The predicted molar refractivity (Wildman–Crippen MR) is 63.5 cm³/mol. The molecule has 2 rings (SSSR count). The summed E-state index contributed by atoms with van der Waals surface area (Å²) < 4.78 is 29.8. The molecule has 1 atom stereocenters. The van der Waals surface area contributed by atoms with E-state index in [1.54, 1.807) is 12.1 Å². The molecule has 1 saturated heterocycles. The lowest BCUT2D eigenvalue weighted by Crippen LogP contribution is -2.40. The maximum atomic E-state index is 12.3. The quantitative estimate of drug-likeness (QED) is 0.846. The van der Waals surface area contributed by atoms with E-state index in [-0.39, 0.29) is 5.56 Å². The van der Waals surface area contributed by atoms with Gasteiger partial charge in [0.1, 0.15) is 5.60 Å². The first-order chi connectivity index (χ1) is 8.59. The highest BCUT2D eigenvalue weighted by Gasteiger charge is 2.31. The van der Waals surface area contributed by atoms with Crippen molar-refractivity contribution in [2.45, 2.75) is 25.0 Å². The minimum absolute atomic E-state index is 0.0292. The Hall–Kier alpha value is -1.04. The fourth-order valence-corrected chi connectivity index (χ4v) is 1.96. The molecule has 0 radical (unpaired) electrons. The Morgan fingerprint density at radius 2 is 2.06 bits per heavy atom. The van der Waals surface area contributed by atoms with Gasteiger partial charge in [-0.3, -0.25) is 0 Å². The molecule has 0 saturated carbocycles. The summed E-state index contributed by atoms with van der Waals surface area (Å²) >= 11 is 0. The first kappa shape index (κ1) is 13.4. The second kappa shape index (κ2) is 5.73. The van der Waals surface area contributed by atoms with E-state index in [9.17, 15) is 13.9 Å². The van der Waals surface area contributed by atoms with Gasteiger partial charge in [-0.15, -0.1) is 0 Å². The number of nitrogens with one attached hydrogen (secondary N) is 1. The number of rotatable bonds is 5. The topological polar surface area (TPSA) is 41.5 Å². The average molecular weight is 257 g/mol. The molecular weight excluding hydrogens is 240 g/mol. The van der Waals surface area contributed by atoms with E-state index in [2.05, 4.69) is 5.32 Å². The summed E-state index contributed by atoms with van der Waals surface area (Å²) in [5, 5.41) is 13.1. The SMILES string of the molecule is OC1(CNCc2ccc(C(F)F)cc2)CCOC1. The van der Waals surface area contributed by atoms with E-state index in [4.69, 9.17) is 4.74 Å². The Morgan fingerprint density at radius 3 is 2.61 bits per heavy atom. The van der Waals surface area contributed by atoms with Crippen LogP contribution in [0, 0.1) is 0 Å². The van der Waals surface area contributed by atoms with Crippen molar-refractivity contribution in [3.8, 4) is 0 Å². The molecule has 0 bridgehead atoms. The normalized spacial score (nSPS) is 23.8. The van der Waals surface area contributed by atoms with E-state index in [1.807, 2.05) is 0 Å². The van der Waals surface area contributed by atoms with Crippen LogP contribution in [0.25, 0.3) is 0 Å². The maximum Gasteiger partial charge on any atom is 0.263 e. The smallest absolute Gasteiger partial charge is 0.263 e. The van der Waals surface area contributed by atoms with Crippen LogP contribution in [0.1, 0.15) is 24.0 Å². The summed E-state index contributed by atoms with van der Waals surface area (Å²) in [7, 11) is 0. The maximum absolute atomic E-state index is 12.3. The fourth-order valence-electron chi connectivity index (χ4n) is 1.96. The Kier molecular flexibility index (Phi) is 4.27. The summed E-state index contributed by atoms with van der Waals surface area (Å²) in [6, 6.07) is 6.19. The van der Waals surface area contributed by atoms with E-state index in [0.29, 0.717) is 32.7 Å². The molecule has 0 amide bonds. The third-order valence-corrected chi connectivity index (χ3v) is 3.10. The summed E-state index contributed by atoms with van der Waals surface area (Å²) in [6.45, 7) is 1.93. The molecule has 0 spiro atoms. The van der Waals surface area contributed by atoms with Crippen molar-refractivity contribution >= 4 is 0 Å². The lowest BCUT2D eigenvalue weighted by molar-refractivity contribution is 0.0268.